The van der Waals surface area contributed by atoms with Crippen LogP contribution in [-0.4, -0.2) is 105 Å². The lowest BCUT2D eigenvalue weighted by Gasteiger charge is -2.40. The van der Waals surface area contributed by atoms with Gasteiger partial charge in [0.15, 0.2) is 6.29 Å². The third kappa shape index (κ3) is 19.6. The second-order valence-corrected chi connectivity index (χ2v) is 13.3. The summed E-state index contributed by atoms with van der Waals surface area (Å²) in [7, 11) is 0. The van der Waals surface area contributed by atoms with Gasteiger partial charge in [-0.3, -0.25) is 4.79 Å². The number of aliphatic hydroxyl groups is 6. The van der Waals surface area contributed by atoms with E-state index in [9.17, 15) is 35.4 Å². The molecule has 0 saturated carbocycles. The van der Waals surface area contributed by atoms with Crippen LogP contribution in [0.3, 0.4) is 0 Å². The van der Waals surface area contributed by atoms with E-state index < -0.39 is 55.6 Å². The fourth-order valence-corrected chi connectivity index (χ4v) is 5.77. The molecular weight excluding hydrogens is 580 g/mol. The number of rotatable bonds is 29. The summed E-state index contributed by atoms with van der Waals surface area (Å²) in [6.07, 6.45) is 13.9. The van der Waals surface area contributed by atoms with Gasteiger partial charge < -0.3 is 51.6 Å². The number of hydrogen-bond acceptors (Lipinski definition) is 11. The molecule has 0 amide bonds. The topological polar surface area (TPSA) is 209 Å². The third-order valence-electron chi connectivity index (χ3n) is 9.06. The third-order valence-corrected chi connectivity index (χ3v) is 9.06. The van der Waals surface area contributed by atoms with Gasteiger partial charge in [-0.25, -0.2) is 0 Å². The second kappa shape index (κ2) is 26.3. The van der Waals surface area contributed by atoms with Crippen molar-refractivity contribution in [1.82, 2.24) is 0 Å². The summed E-state index contributed by atoms with van der Waals surface area (Å²) in [4.78, 5) is 12.1. The SMILES string of the molecule is C[C@H](N)[C@@H](O)CCCCCCCC(=O)CCCCCCCCCCCCCC[C@@H](O)[C@@H](N)CO[C@@H]1O[C@H](CO)[C@H](O)[C@H](O)[C@H]1O. The molecule has 1 aliphatic heterocycles. The lowest BCUT2D eigenvalue weighted by Crippen LogP contribution is -2.59. The largest absolute Gasteiger partial charge is 0.394 e. The fourth-order valence-electron chi connectivity index (χ4n) is 5.77. The zero-order chi connectivity index (χ0) is 33.5. The zero-order valence-electron chi connectivity index (χ0n) is 28.0. The summed E-state index contributed by atoms with van der Waals surface area (Å²) < 4.78 is 10.7. The standard InChI is InChI=1S/C34H68N2O9/c1-25(35)28(39)21-17-14-10-12-16-20-26(38)19-15-11-8-6-4-2-3-5-7-9-13-18-22-29(40)27(36)24-44-34-33(43)32(42)31(41)30(23-37)45-34/h25,27-34,37,39-43H,2-24,35-36H2,1H3/t25-,27-,28-,29+,30+,31-,32-,33+,34+/m0/s1. The Hall–Kier alpha value is -0.730. The summed E-state index contributed by atoms with van der Waals surface area (Å²) >= 11 is 0. The molecule has 0 aromatic rings. The Morgan fingerprint density at radius 2 is 1.09 bits per heavy atom. The van der Waals surface area contributed by atoms with E-state index in [0.717, 1.165) is 77.0 Å². The molecule has 0 aromatic carbocycles. The molecule has 10 N–H and O–H groups in total. The number of ether oxygens (including phenoxy) is 2. The van der Waals surface area contributed by atoms with E-state index in [4.69, 9.17) is 20.9 Å². The Balaban J connectivity index is 1.88. The molecule has 11 nitrogen and oxygen atoms in total. The van der Waals surface area contributed by atoms with Crippen LogP contribution in [0.4, 0.5) is 0 Å². The molecule has 1 rings (SSSR count). The molecule has 268 valence electrons. The van der Waals surface area contributed by atoms with Crippen LogP contribution in [0, 0.1) is 0 Å². The van der Waals surface area contributed by atoms with Crippen molar-refractivity contribution in [3.05, 3.63) is 0 Å². The van der Waals surface area contributed by atoms with Gasteiger partial charge in [-0.2, -0.15) is 0 Å². The van der Waals surface area contributed by atoms with Gasteiger partial charge in [-0.05, 0) is 32.6 Å². The van der Waals surface area contributed by atoms with E-state index in [1.54, 1.807) is 0 Å². The minimum atomic E-state index is -1.51. The first-order valence-electron chi connectivity index (χ1n) is 17.9. The van der Waals surface area contributed by atoms with Gasteiger partial charge in [0.25, 0.3) is 0 Å². The first-order chi connectivity index (χ1) is 21.6. The maximum Gasteiger partial charge on any atom is 0.186 e. The van der Waals surface area contributed by atoms with E-state index in [1.165, 1.54) is 44.9 Å². The molecule has 0 aliphatic carbocycles. The Bertz CT molecular complexity index is 715. The number of Topliss-reactive ketones (excluding diaryl/α,β-unsaturated/α-hetero) is 1. The summed E-state index contributed by atoms with van der Waals surface area (Å²) in [6, 6.07) is -0.844. The average molecular weight is 649 g/mol. The fraction of sp³-hybridized carbons (Fsp3) is 0.971. The maximum atomic E-state index is 12.1. The molecular formula is C34H68N2O9. The summed E-state index contributed by atoms with van der Waals surface area (Å²) in [6.45, 7) is 1.21. The minimum absolute atomic E-state index is 0.0909. The summed E-state index contributed by atoms with van der Waals surface area (Å²) in [5, 5.41) is 59.0. The average Bonchev–Trinajstić information content (AvgIpc) is 3.02. The van der Waals surface area contributed by atoms with Gasteiger partial charge >= 0.3 is 0 Å². The number of nitrogens with two attached hydrogens (primary N) is 2. The highest BCUT2D eigenvalue weighted by Crippen LogP contribution is 2.22. The van der Waals surface area contributed by atoms with Crippen LogP contribution in [0.15, 0.2) is 0 Å². The Kier molecular flexibility index (Phi) is 24.7. The monoisotopic (exact) mass is 648 g/mol. The van der Waals surface area contributed by atoms with E-state index in [2.05, 4.69) is 0 Å². The van der Waals surface area contributed by atoms with Crippen LogP contribution in [0.2, 0.25) is 0 Å². The lowest BCUT2D eigenvalue weighted by atomic mass is 9.99. The van der Waals surface area contributed by atoms with E-state index in [-0.39, 0.29) is 12.6 Å². The van der Waals surface area contributed by atoms with Crippen molar-refractivity contribution >= 4 is 5.78 Å². The Morgan fingerprint density at radius 3 is 1.53 bits per heavy atom. The Labute approximate surface area is 272 Å². The van der Waals surface area contributed by atoms with Crippen LogP contribution in [-0.2, 0) is 14.3 Å². The van der Waals surface area contributed by atoms with Crippen molar-refractivity contribution in [3.63, 3.8) is 0 Å². The number of ketones is 1. The van der Waals surface area contributed by atoms with Crippen molar-refractivity contribution in [2.24, 2.45) is 11.5 Å². The van der Waals surface area contributed by atoms with Gasteiger partial charge in [0, 0.05) is 18.9 Å². The summed E-state index contributed by atoms with van der Waals surface area (Å²) in [5.41, 5.74) is 11.7. The van der Waals surface area contributed by atoms with Gasteiger partial charge in [-0.1, -0.05) is 96.3 Å². The Morgan fingerprint density at radius 1 is 0.667 bits per heavy atom. The number of carbonyl (C=O) groups excluding carboxylic acids is 1. The molecule has 0 radical (unpaired) electrons. The molecule has 0 spiro atoms. The lowest BCUT2D eigenvalue weighted by molar-refractivity contribution is -0.302. The molecule has 0 aromatic heterocycles. The van der Waals surface area contributed by atoms with Crippen LogP contribution >= 0.6 is 0 Å². The van der Waals surface area contributed by atoms with Crippen molar-refractivity contribution in [2.45, 2.75) is 197 Å². The number of unbranched alkanes of at least 4 members (excludes halogenated alkanes) is 15. The van der Waals surface area contributed by atoms with Crippen molar-refractivity contribution in [1.29, 1.82) is 0 Å². The number of aliphatic hydroxyl groups excluding tert-OH is 6. The van der Waals surface area contributed by atoms with Gasteiger partial charge in [0.2, 0.25) is 0 Å². The first kappa shape index (κ1) is 42.3. The maximum absolute atomic E-state index is 12.1. The molecule has 1 heterocycles. The van der Waals surface area contributed by atoms with Gasteiger partial charge in [0.1, 0.15) is 30.2 Å². The molecule has 11 heteroatoms. The quantitative estimate of drug-likeness (QED) is 0.0553. The van der Waals surface area contributed by atoms with Gasteiger partial charge in [0.05, 0.1) is 31.5 Å². The van der Waals surface area contributed by atoms with Crippen molar-refractivity contribution < 1.29 is 44.9 Å². The highest BCUT2D eigenvalue weighted by atomic mass is 16.7. The first-order valence-corrected chi connectivity index (χ1v) is 17.9. The predicted octanol–water partition coefficient (Wildman–Crippen LogP) is 2.96. The van der Waals surface area contributed by atoms with Gasteiger partial charge in [-0.15, -0.1) is 0 Å². The van der Waals surface area contributed by atoms with E-state index in [1.807, 2.05) is 6.92 Å². The van der Waals surface area contributed by atoms with Crippen LogP contribution < -0.4 is 11.5 Å². The molecule has 1 aliphatic rings. The normalized spacial score (nSPS) is 24.8. The molecule has 1 fully saturated rings. The predicted molar refractivity (Wildman–Crippen MR) is 175 cm³/mol. The molecule has 0 bridgehead atoms. The number of hydrogen-bond donors (Lipinski definition) is 8. The van der Waals surface area contributed by atoms with Crippen molar-refractivity contribution in [3.8, 4) is 0 Å². The van der Waals surface area contributed by atoms with Crippen molar-refractivity contribution in [2.75, 3.05) is 13.2 Å². The van der Waals surface area contributed by atoms with Crippen LogP contribution in [0.25, 0.3) is 0 Å². The molecule has 45 heavy (non-hydrogen) atoms. The zero-order valence-corrected chi connectivity index (χ0v) is 28.0. The van der Waals surface area contributed by atoms with E-state index in [0.29, 0.717) is 18.6 Å². The smallest absolute Gasteiger partial charge is 0.186 e. The molecule has 0 unspecified atom stereocenters. The summed E-state index contributed by atoms with van der Waals surface area (Å²) in [5.74, 6) is 0.403. The minimum Gasteiger partial charge on any atom is -0.394 e. The van der Waals surface area contributed by atoms with Crippen LogP contribution in [0.1, 0.15) is 142 Å². The highest BCUT2D eigenvalue weighted by molar-refractivity contribution is 5.78. The van der Waals surface area contributed by atoms with E-state index >= 15 is 0 Å². The molecule has 1 saturated heterocycles. The molecule has 9 atom stereocenters. The van der Waals surface area contributed by atoms with Crippen LogP contribution in [0.5, 0.6) is 0 Å². The second-order valence-electron chi connectivity index (χ2n) is 13.3. The number of carbonyl (C=O) groups is 1. The highest BCUT2D eigenvalue weighted by Gasteiger charge is 2.44.